The van der Waals surface area contributed by atoms with Gasteiger partial charge in [0, 0.05) is 13.1 Å². The van der Waals surface area contributed by atoms with Crippen molar-refractivity contribution >= 4 is 17.9 Å². The van der Waals surface area contributed by atoms with Gasteiger partial charge in [-0.15, -0.1) is 0 Å². The average molecular weight is 408 g/mol. The number of carbonyl (C=O) groups is 3. The molecule has 0 aromatic heterocycles. The van der Waals surface area contributed by atoms with Crippen molar-refractivity contribution in [1.82, 2.24) is 15.5 Å². The largest absolute Gasteiger partial charge is 0.444 e. The first-order chi connectivity index (χ1) is 13.4. The highest BCUT2D eigenvalue weighted by Gasteiger charge is 2.34. The Morgan fingerprint density at radius 2 is 1.66 bits per heavy atom. The molecular formula is C21H33N3O5. The molecule has 0 aliphatic heterocycles. The summed E-state index contributed by atoms with van der Waals surface area (Å²) in [5, 5.41) is 14.8. The van der Waals surface area contributed by atoms with Gasteiger partial charge in [0.25, 0.3) is 0 Å². The number of nitrogens with zero attached hydrogens (tertiary/aromatic N) is 1. The lowest BCUT2D eigenvalue weighted by molar-refractivity contribution is -0.141. The topological polar surface area (TPSA) is 108 Å². The Morgan fingerprint density at radius 1 is 1.10 bits per heavy atom. The highest BCUT2D eigenvalue weighted by atomic mass is 16.6. The number of ether oxygens (including phenoxy) is 1. The molecule has 8 heteroatoms. The molecule has 29 heavy (non-hydrogen) atoms. The van der Waals surface area contributed by atoms with Crippen molar-refractivity contribution in [2.75, 3.05) is 13.7 Å². The zero-order chi connectivity index (χ0) is 22.4. The fraction of sp³-hybridized carbons (Fsp3) is 0.571. The maximum Gasteiger partial charge on any atom is 0.408 e. The van der Waals surface area contributed by atoms with Gasteiger partial charge in [-0.3, -0.25) is 9.59 Å². The van der Waals surface area contributed by atoms with Crippen LogP contribution in [0.15, 0.2) is 24.3 Å². The maximum absolute atomic E-state index is 13.0. The van der Waals surface area contributed by atoms with Crippen LogP contribution < -0.4 is 10.6 Å². The van der Waals surface area contributed by atoms with E-state index in [1.807, 2.05) is 32.9 Å². The standard InChI is InChI=1S/C21H33N3O5/c1-13(2)22-18(26)17(15-10-8-14(3)9-11-15)24(7)19(27)16(12-25)23-20(28)29-21(4,5)6/h8-11,13,16-17,25H,12H2,1-7H3,(H,22,26)(H,23,28). The van der Waals surface area contributed by atoms with Crippen LogP contribution in [0.5, 0.6) is 0 Å². The smallest absolute Gasteiger partial charge is 0.408 e. The zero-order valence-electron chi connectivity index (χ0n) is 18.3. The predicted molar refractivity (Wildman–Crippen MR) is 110 cm³/mol. The number of aryl methyl sites for hydroxylation is 1. The summed E-state index contributed by atoms with van der Waals surface area (Å²) in [5.74, 6) is -0.962. The molecule has 3 amide bonds. The summed E-state index contributed by atoms with van der Waals surface area (Å²) in [6.45, 7) is 10.0. The van der Waals surface area contributed by atoms with Crippen molar-refractivity contribution in [2.24, 2.45) is 0 Å². The molecule has 0 aliphatic rings. The molecule has 0 saturated carbocycles. The number of benzene rings is 1. The fourth-order valence-corrected chi connectivity index (χ4v) is 2.67. The van der Waals surface area contributed by atoms with Gasteiger partial charge in [0.05, 0.1) is 6.61 Å². The van der Waals surface area contributed by atoms with Crippen LogP contribution in [0.3, 0.4) is 0 Å². The molecule has 0 aliphatic carbocycles. The molecular weight excluding hydrogens is 374 g/mol. The second kappa shape index (κ2) is 10.2. The number of nitrogens with one attached hydrogen (secondary N) is 2. The number of hydrogen-bond acceptors (Lipinski definition) is 5. The molecule has 0 heterocycles. The average Bonchev–Trinajstić information content (AvgIpc) is 2.58. The Labute approximate surface area is 172 Å². The lowest BCUT2D eigenvalue weighted by Gasteiger charge is -2.31. The van der Waals surface area contributed by atoms with Gasteiger partial charge in [0.2, 0.25) is 11.8 Å². The Hall–Kier alpha value is -2.61. The highest BCUT2D eigenvalue weighted by molar-refractivity contribution is 5.92. The van der Waals surface area contributed by atoms with Crippen LogP contribution in [0.2, 0.25) is 0 Å². The van der Waals surface area contributed by atoms with Gasteiger partial charge in [0.15, 0.2) is 0 Å². The van der Waals surface area contributed by atoms with E-state index in [1.54, 1.807) is 32.9 Å². The van der Waals surface area contributed by atoms with Crippen molar-refractivity contribution in [1.29, 1.82) is 0 Å². The number of hydrogen-bond donors (Lipinski definition) is 3. The van der Waals surface area contributed by atoms with Crippen molar-refractivity contribution in [3.8, 4) is 0 Å². The summed E-state index contributed by atoms with van der Waals surface area (Å²) in [6.07, 6.45) is -0.822. The van der Waals surface area contributed by atoms with Gasteiger partial charge >= 0.3 is 6.09 Å². The van der Waals surface area contributed by atoms with Gasteiger partial charge in [-0.25, -0.2) is 4.79 Å². The first-order valence-electron chi connectivity index (χ1n) is 9.59. The Bertz CT molecular complexity index is 710. The van der Waals surface area contributed by atoms with Crippen molar-refractivity contribution < 1.29 is 24.2 Å². The van der Waals surface area contributed by atoms with Gasteiger partial charge in [-0.05, 0) is 47.1 Å². The molecule has 8 nitrogen and oxygen atoms in total. The van der Waals surface area contributed by atoms with E-state index < -0.39 is 36.3 Å². The molecule has 2 atom stereocenters. The number of aliphatic hydroxyl groups is 1. The normalized spacial score (nSPS) is 13.4. The monoisotopic (exact) mass is 407 g/mol. The molecule has 0 radical (unpaired) electrons. The van der Waals surface area contributed by atoms with Crippen LogP contribution in [0.1, 0.15) is 51.8 Å². The third-order valence-corrected chi connectivity index (χ3v) is 3.98. The molecule has 0 fully saturated rings. The van der Waals surface area contributed by atoms with Crippen LogP contribution in [-0.4, -0.2) is 59.3 Å². The highest BCUT2D eigenvalue weighted by Crippen LogP contribution is 2.22. The molecule has 0 spiro atoms. The Morgan fingerprint density at radius 3 is 2.10 bits per heavy atom. The maximum atomic E-state index is 13.0. The molecule has 0 saturated heterocycles. The van der Waals surface area contributed by atoms with Crippen LogP contribution in [0, 0.1) is 6.92 Å². The molecule has 0 bridgehead atoms. The number of rotatable bonds is 7. The third-order valence-electron chi connectivity index (χ3n) is 3.98. The lowest BCUT2D eigenvalue weighted by atomic mass is 10.0. The van der Waals surface area contributed by atoms with E-state index in [9.17, 15) is 19.5 Å². The van der Waals surface area contributed by atoms with E-state index in [0.717, 1.165) is 5.56 Å². The summed E-state index contributed by atoms with van der Waals surface area (Å²) in [6, 6.07) is 4.98. The fourth-order valence-electron chi connectivity index (χ4n) is 2.67. The van der Waals surface area contributed by atoms with E-state index in [0.29, 0.717) is 5.56 Å². The molecule has 1 aromatic carbocycles. The van der Waals surface area contributed by atoms with Gasteiger partial charge in [-0.1, -0.05) is 29.8 Å². The summed E-state index contributed by atoms with van der Waals surface area (Å²) in [7, 11) is 1.46. The molecule has 1 aromatic rings. The number of alkyl carbamates (subject to hydrolysis) is 1. The summed E-state index contributed by atoms with van der Waals surface area (Å²) in [5.41, 5.74) is 0.893. The van der Waals surface area contributed by atoms with Crippen LogP contribution in [0.4, 0.5) is 4.79 Å². The number of aliphatic hydroxyl groups excluding tert-OH is 1. The predicted octanol–water partition coefficient (Wildman–Crippen LogP) is 1.90. The number of likely N-dealkylation sites (N-methyl/N-ethyl adjacent to an activating group) is 1. The second-order valence-corrected chi connectivity index (χ2v) is 8.31. The van der Waals surface area contributed by atoms with Crippen molar-refractivity contribution in [3.63, 3.8) is 0 Å². The van der Waals surface area contributed by atoms with Gasteiger partial charge < -0.3 is 25.4 Å². The first kappa shape index (κ1) is 24.4. The first-order valence-corrected chi connectivity index (χ1v) is 9.59. The third kappa shape index (κ3) is 7.73. The van der Waals surface area contributed by atoms with Gasteiger partial charge in [0.1, 0.15) is 17.7 Å². The summed E-state index contributed by atoms with van der Waals surface area (Å²) in [4.78, 5) is 39.0. The lowest BCUT2D eigenvalue weighted by Crippen LogP contribution is -2.53. The van der Waals surface area contributed by atoms with Crippen molar-refractivity contribution in [2.45, 2.75) is 65.3 Å². The van der Waals surface area contributed by atoms with E-state index in [2.05, 4.69) is 10.6 Å². The minimum absolute atomic E-state index is 0.118. The van der Waals surface area contributed by atoms with Crippen molar-refractivity contribution in [3.05, 3.63) is 35.4 Å². The van der Waals surface area contributed by atoms with Crippen LogP contribution >= 0.6 is 0 Å². The van der Waals surface area contributed by atoms with Gasteiger partial charge in [-0.2, -0.15) is 0 Å². The van der Waals surface area contributed by atoms with E-state index >= 15 is 0 Å². The van der Waals surface area contributed by atoms with Crippen LogP contribution in [0.25, 0.3) is 0 Å². The second-order valence-electron chi connectivity index (χ2n) is 8.31. The minimum atomic E-state index is -1.24. The minimum Gasteiger partial charge on any atom is -0.444 e. The van der Waals surface area contributed by atoms with E-state index in [1.165, 1.54) is 11.9 Å². The number of amides is 3. The number of carbonyl (C=O) groups excluding carboxylic acids is 3. The Kier molecular flexibility index (Phi) is 8.63. The molecule has 1 rings (SSSR count). The molecule has 2 unspecified atom stereocenters. The van der Waals surface area contributed by atoms with E-state index in [-0.39, 0.29) is 11.9 Å². The zero-order valence-corrected chi connectivity index (χ0v) is 18.3. The summed E-state index contributed by atoms with van der Waals surface area (Å²) < 4.78 is 5.15. The van der Waals surface area contributed by atoms with E-state index in [4.69, 9.17) is 4.74 Å². The molecule has 162 valence electrons. The summed E-state index contributed by atoms with van der Waals surface area (Å²) >= 11 is 0. The Balaban J connectivity index is 3.10. The molecule has 3 N–H and O–H groups in total. The van der Waals surface area contributed by atoms with Crippen LogP contribution in [-0.2, 0) is 14.3 Å². The quantitative estimate of drug-likeness (QED) is 0.640. The SMILES string of the molecule is Cc1ccc(C(C(=O)NC(C)C)N(C)C(=O)C(CO)NC(=O)OC(C)(C)C)cc1.